The Morgan fingerprint density at radius 1 is 1.08 bits per heavy atom. The number of nitro groups is 1. The van der Waals surface area contributed by atoms with Crippen molar-refractivity contribution in [2.45, 2.75) is 31.0 Å². The fourth-order valence-corrected chi connectivity index (χ4v) is 5.50. The number of thioether (sulfide) groups is 1. The number of non-ortho nitro benzene ring substituents is 1. The number of hydrogen-bond donors (Lipinski definition) is 0. The predicted molar refractivity (Wildman–Crippen MR) is 151 cm³/mol. The average Bonchev–Trinajstić information content (AvgIpc) is 2.96. The minimum atomic E-state index is -0.409. The Balaban J connectivity index is 1.28. The molecule has 11 heteroatoms. The van der Waals surface area contributed by atoms with Crippen LogP contribution in [0.15, 0.2) is 64.5 Å². The van der Waals surface area contributed by atoms with Crippen molar-refractivity contribution in [2.75, 3.05) is 43.9 Å². The highest BCUT2D eigenvalue weighted by atomic mass is 32.2. The highest BCUT2D eigenvalue weighted by Gasteiger charge is 2.22. The highest BCUT2D eigenvalue weighted by Crippen LogP contribution is 2.22. The van der Waals surface area contributed by atoms with Crippen LogP contribution in [-0.2, 0) is 29.6 Å². The lowest BCUT2D eigenvalue weighted by atomic mass is 10.0. The maximum absolute atomic E-state index is 13.2. The third-order valence-electron chi connectivity index (χ3n) is 6.76. The van der Waals surface area contributed by atoms with Gasteiger partial charge in [-0.25, -0.2) is 4.98 Å². The largest absolute Gasteiger partial charge is 0.378 e. The lowest BCUT2D eigenvalue weighted by Gasteiger charge is -2.36. The Hall–Kier alpha value is -3.70. The van der Waals surface area contributed by atoms with Gasteiger partial charge in [0.05, 0.1) is 17.2 Å². The van der Waals surface area contributed by atoms with E-state index in [2.05, 4.69) is 4.90 Å². The van der Waals surface area contributed by atoms with Gasteiger partial charge in [0.2, 0.25) is 5.91 Å². The van der Waals surface area contributed by atoms with Gasteiger partial charge in [-0.15, -0.1) is 0 Å². The molecule has 3 aromatic rings. The second-order valence-electron chi connectivity index (χ2n) is 9.37. The Kier molecular flexibility index (Phi) is 9.72. The summed E-state index contributed by atoms with van der Waals surface area (Å²) in [5.41, 5.74) is 3.24. The van der Waals surface area contributed by atoms with E-state index in [4.69, 9.17) is 9.72 Å². The Labute approximate surface area is 231 Å². The SMILES string of the molecule is COCc1nc(SCCCC(=O)N2CCN(c3ccc([N+](=O)[O-])cc3)CC2)n(C)c(=O)c1Cc1ccccc1. The van der Waals surface area contributed by atoms with Crippen LogP contribution in [0.3, 0.4) is 0 Å². The third kappa shape index (κ3) is 7.24. The first-order valence-electron chi connectivity index (χ1n) is 12.9. The summed E-state index contributed by atoms with van der Waals surface area (Å²) < 4.78 is 6.91. The summed E-state index contributed by atoms with van der Waals surface area (Å²) in [4.78, 5) is 45.2. The zero-order valence-electron chi connectivity index (χ0n) is 22.2. The van der Waals surface area contributed by atoms with Gasteiger partial charge in [-0.1, -0.05) is 42.1 Å². The number of carbonyl (C=O) groups excluding carboxylic acids is 1. The first-order chi connectivity index (χ1) is 18.9. The van der Waals surface area contributed by atoms with E-state index in [1.54, 1.807) is 30.9 Å². The van der Waals surface area contributed by atoms with Crippen LogP contribution in [-0.4, -0.2) is 64.3 Å². The summed E-state index contributed by atoms with van der Waals surface area (Å²) >= 11 is 1.48. The molecule has 10 nitrogen and oxygen atoms in total. The fourth-order valence-electron chi connectivity index (χ4n) is 4.58. The van der Waals surface area contributed by atoms with Gasteiger partial charge in [-0.3, -0.25) is 24.3 Å². The number of aromatic nitrogens is 2. The smallest absolute Gasteiger partial charge is 0.269 e. The molecular weight excluding hydrogens is 518 g/mol. The molecule has 0 atom stereocenters. The van der Waals surface area contributed by atoms with Crippen molar-refractivity contribution in [1.29, 1.82) is 0 Å². The number of amides is 1. The first kappa shape index (κ1) is 28.3. The summed E-state index contributed by atoms with van der Waals surface area (Å²) in [5.74, 6) is 0.776. The van der Waals surface area contributed by atoms with Crippen molar-refractivity contribution in [3.8, 4) is 0 Å². The zero-order chi connectivity index (χ0) is 27.8. The maximum atomic E-state index is 13.2. The van der Waals surface area contributed by atoms with Crippen LogP contribution >= 0.6 is 11.8 Å². The zero-order valence-corrected chi connectivity index (χ0v) is 23.1. The fraction of sp³-hybridized carbons (Fsp3) is 0.393. The number of rotatable bonds is 11. The summed E-state index contributed by atoms with van der Waals surface area (Å²) in [7, 11) is 3.33. The summed E-state index contributed by atoms with van der Waals surface area (Å²) in [6.07, 6.45) is 1.60. The van der Waals surface area contributed by atoms with Crippen molar-refractivity contribution in [1.82, 2.24) is 14.5 Å². The van der Waals surface area contributed by atoms with Gasteiger partial charge in [0.15, 0.2) is 5.16 Å². The number of ether oxygens (including phenoxy) is 1. The maximum Gasteiger partial charge on any atom is 0.269 e. The van der Waals surface area contributed by atoms with Gasteiger partial charge in [0, 0.05) is 82.3 Å². The third-order valence-corrected chi connectivity index (χ3v) is 7.87. The number of methoxy groups -OCH3 is 1. The predicted octanol–water partition coefficient (Wildman–Crippen LogP) is 3.65. The van der Waals surface area contributed by atoms with Crippen molar-refractivity contribution in [3.63, 3.8) is 0 Å². The molecule has 0 spiro atoms. The Bertz CT molecular complexity index is 1340. The quantitative estimate of drug-likeness (QED) is 0.117. The minimum absolute atomic E-state index is 0.0683. The number of nitrogens with zero attached hydrogens (tertiary/aromatic N) is 5. The van der Waals surface area contributed by atoms with Crippen LogP contribution in [0.2, 0.25) is 0 Å². The molecule has 0 unspecified atom stereocenters. The molecule has 39 heavy (non-hydrogen) atoms. The van der Waals surface area contributed by atoms with Gasteiger partial charge < -0.3 is 14.5 Å². The van der Waals surface area contributed by atoms with Crippen molar-refractivity contribution >= 4 is 29.0 Å². The molecule has 0 radical (unpaired) electrons. The van der Waals surface area contributed by atoms with E-state index in [-0.39, 0.29) is 23.8 Å². The van der Waals surface area contributed by atoms with Crippen LogP contribution in [0.5, 0.6) is 0 Å². The van der Waals surface area contributed by atoms with E-state index in [0.29, 0.717) is 67.6 Å². The van der Waals surface area contributed by atoms with Gasteiger partial charge in [-0.2, -0.15) is 0 Å². The lowest BCUT2D eigenvalue weighted by Crippen LogP contribution is -2.48. The number of hydrogen-bond acceptors (Lipinski definition) is 8. The van der Waals surface area contributed by atoms with Gasteiger partial charge in [0.1, 0.15) is 0 Å². The monoisotopic (exact) mass is 551 g/mol. The van der Waals surface area contributed by atoms with Gasteiger partial charge >= 0.3 is 0 Å². The van der Waals surface area contributed by atoms with E-state index < -0.39 is 4.92 Å². The molecule has 2 aromatic carbocycles. The molecule has 1 aromatic heterocycles. The molecule has 0 aliphatic carbocycles. The molecule has 0 N–H and O–H groups in total. The van der Waals surface area contributed by atoms with E-state index in [1.807, 2.05) is 35.2 Å². The molecule has 2 heterocycles. The van der Waals surface area contributed by atoms with E-state index in [9.17, 15) is 19.7 Å². The van der Waals surface area contributed by atoms with Gasteiger partial charge in [0.25, 0.3) is 11.2 Å². The van der Waals surface area contributed by atoms with Crippen LogP contribution in [0.1, 0.15) is 29.7 Å². The molecule has 1 fully saturated rings. The molecule has 0 saturated carbocycles. The molecule has 1 saturated heterocycles. The molecule has 1 amide bonds. The van der Waals surface area contributed by atoms with Crippen LogP contribution in [0.4, 0.5) is 11.4 Å². The molecule has 4 rings (SSSR count). The molecule has 1 aliphatic rings. The van der Waals surface area contributed by atoms with Crippen LogP contribution in [0.25, 0.3) is 0 Å². The van der Waals surface area contributed by atoms with Crippen molar-refractivity contribution < 1.29 is 14.5 Å². The molecule has 0 bridgehead atoms. The van der Waals surface area contributed by atoms with Crippen LogP contribution in [0, 0.1) is 10.1 Å². The Morgan fingerprint density at radius 2 is 1.77 bits per heavy atom. The molecular formula is C28H33N5O5S. The number of piperazine rings is 1. The normalized spacial score (nSPS) is 13.5. The number of anilines is 1. The molecule has 206 valence electrons. The van der Waals surface area contributed by atoms with Crippen LogP contribution < -0.4 is 10.5 Å². The number of carbonyl (C=O) groups is 1. The lowest BCUT2D eigenvalue weighted by molar-refractivity contribution is -0.384. The Morgan fingerprint density at radius 3 is 2.41 bits per heavy atom. The van der Waals surface area contributed by atoms with E-state index in [0.717, 1.165) is 11.3 Å². The molecule has 1 aliphatic heterocycles. The summed E-state index contributed by atoms with van der Waals surface area (Å²) in [6.45, 7) is 2.85. The number of benzene rings is 2. The van der Waals surface area contributed by atoms with E-state index in [1.165, 1.54) is 23.9 Å². The van der Waals surface area contributed by atoms with Crippen molar-refractivity contribution in [2.24, 2.45) is 7.05 Å². The average molecular weight is 552 g/mol. The van der Waals surface area contributed by atoms with E-state index >= 15 is 0 Å². The van der Waals surface area contributed by atoms with Crippen molar-refractivity contribution in [3.05, 3.63) is 91.9 Å². The highest BCUT2D eigenvalue weighted by molar-refractivity contribution is 7.99. The standard InChI is InChI=1S/C28H33N5O5S/c1-30-27(35)24(19-21-7-4-3-5-8-21)25(20-38-2)29-28(30)39-18-6-9-26(34)32-16-14-31(15-17-32)22-10-12-23(13-11-22)33(36)37/h3-5,7-8,10-13H,6,9,14-20H2,1-2H3. The summed E-state index contributed by atoms with van der Waals surface area (Å²) in [6, 6.07) is 16.3. The number of nitro benzene ring substituents is 1. The summed E-state index contributed by atoms with van der Waals surface area (Å²) in [5, 5.41) is 11.5. The topological polar surface area (TPSA) is 111 Å². The second-order valence-corrected chi connectivity index (χ2v) is 10.4. The first-order valence-corrected chi connectivity index (χ1v) is 13.9. The minimum Gasteiger partial charge on any atom is -0.378 e. The van der Waals surface area contributed by atoms with Gasteiger partial charge in [-0.05, 0) is 24.1 Å². The second kappa shape index (κ2) is 13.4.